The molecule has 5 heteroatoms. The van der Waals surface area contributed by atoms with Crippen LogP contribution >= 0.6 is 0 Å². The van der Waals surface area contributed by atoms with Crippen molar-refractivity contribution in [3.63, 3.8) is 0 Å². The molecule has 0 saturated heterocycles. The number of hydrogen-bond donors (Lipinski definition) is 1. The molecule has 5 nitrogen and oxygen atoms in total. The maximum Gasteiger partial charge on any atom is 0.257 e. The summed E-state index contributed by atoms with van der Waals surface area (Å²) in [4.78, 5) is 11.6. The summed E-state index contributed by atoms with van der Waals surface area (Å²) in [5, 5.41) is 3.89. The van der Waals surface area contributed by atoms with Gasteiger partial charge in [-0.25, -0.2) is 4.98 Å². The Morgan fingerprint density at radius 3 is 2.89 bits per heavy atom. The van der Waals surface area contributed by atoms with E-state index in [-0.39, 0.29) is 0 Å². The molecule has 2 aromatic heterocycles. The maximum atomic E-state index is 5.22. The number of aromatic nitrogens is 4. The van der Waals surface area contributed by atoms with Crippen LogP contribution in [0.1, 0.15) is 12.7 Å². The highest BCUT2D eigenvalue weighted by molar-refractivity contribution is 5.64. The van der Waals surface area contributed by atoms with E-state index in [9.17, 15) is 0 Å². The second-order valence-electron chi connectivity index (χ2n) is 3.89. The topological polar surface area (TPSA) is 67.6 Å². The maximum absolute atomic E-state index is 5.22. The molecule has 0 spiro atoms. The van der Waals surface area contributed by atoms with E-state index >= 15 is 0 Å². The Morgan fingerprint density at radius 1 is 1.28 bits per heavy atom. The Balaban J connectivity index is 2.00. The number of benzene rings is 1. The van der Waals surface area contributed by atoms with Crippen LogP contribution in [0.4, 0.5) is 0 Å². The van der Waals surface area contributed by atoms with Gasteiger partial charge in [-0.1, -0.05) is 24.2 Å². The SMILES string of the molecule is CCc1noc(-c2cccc(-c3ncc[nH]3)c2)n1. The van der Waals surface area contributed by atoms with Gasteiger partial charge < -0.3 is 9.51 Å². The smallest absolute Gasteiger partial charge is 0.257 e. The molecule has 0 aliphatic heterocycles. The minimum atomic E-state index is 0.542. The van der Waals surface area contributed by atoms with Crippen LogP contribution in [-0.2, 0) is 6.42 Å². The van der Waals surface area contributed by atoms with E-state index in [0.29, 0.717) is 11.7 Å². The largest absolute Gasteiger partial charge is 0.345 e. The minimum Gasteiger partial charge on any atom is -0.345 e. The molecule has 0 aliphatic rings. The molecular formula is C13H12N4O. The van der Waals surface area contributed by atoms with Crippen LogP contribution in [0, 0.1) is 0 Å². The van der Waals surface area contributed by atoms with Crippen LogP contribution in [-0.4, -0.2) is 20.1 Å². The summed E-state index contributed by atoms with van der Waals surface area (Å²) in [6.07, 6.45) is 4.29. The first kappa shape index (κ1) is 10.7. The van der Waals surface area contributed by atoms with E-state index in [2.05, 4.69) is 20.1 Å². The molecule has 1 N–H and O–H groups in total. The lowest BCUT2D eigenvalue weighted by Gasteiger charge is -1.98. The van der Waals surface area contributed by atoms with Gasteiger partial charge in [-0.3, -0.25) is 0 Å². The van der Waals surface area contributed by atoms with Crippen LogP contribution < -0.4 is 0 Å². The van der Waals surface area contributed by atoms with Crippen molar-refractivity contribution < 1.29 is 4.52 Å². The first-order valence-corrected chi connectivity index (χ1v) is 5.79. The molecule has 0 bridgehead atoms. The third-order valence-corrected chi connectivity index (χ3v) is 2.67. The summed E-state index contributed by atoms with van der Waals surface area (Å²) in [7, 11) is 0. The van der Waals surface area contributed by atoms with E-state index in [1.54, 1.807) is 12.4 Å². The molecule has 1 aromatic carbocycles. The van der Waals surface area contributed by atoms with Gasteiger partial charge in [0.25, 0.3) is 5.89 Å². The third-order valence-electron chi connectivity index (χ3n) is 2.67. The number of hydrogen-bond acceptors (Lipinski definition) is 4. The number of H-pyrrole nitrogens is 1. The summed E-state index contributed by atoms with van der Waals surface area (Å²) < 4.78 is 5.22. The first-order chi connectivity index (χ1) is 8.86. The fourth-order valence-electron chi connectivity index (χ4n) is 1.74. The van der Waals surface area contributed by atoms with Crippen molar-refractivity contribution in [1.29, 1.82) is 0 Å². The highest BCUT2D eigenvalue weighted by Crippen LogP contribution is 2.23. The Hall–Kier alpha value is -2.43. The van der Waals surface area contributed by atoms with E-state index in [4.69, 9.17) is 4.52 Å². The number of nitrogens with zero attached hydrogens (tertiary/aromatic N) is 3. The zero-order chi connectivity index (χ0) is 12.4. The van der Waals surface area contributed by atoms with Crippen LogP contribution in [0.5, 0.6) is 0 Å². The first-order valence-electron chi connectivity index (χ1n) is 5.79. The van der Waals surface area contributed by atoms with E-state index in [0.717, 1.165) is 23.4 Å². The number of aromatic amines is 1. The van der Waals surface area contributed by atoms with E-state index in [1.165, 1.54) is 0 Å². The highest BCUT2D eigenvalue weighted by Gasteiger charge is 2.09. The van der Waals surface area contributed by atoms with Gasteiger partial charge in [0, 0.05) is 29.9 Å². The van der Waals surface area contributed by atoms with Crippen molar-refractivity contribution in [2.24, 2.45) is 0 Å². The van der Waals surface area contributed by atoms with Crippen LogP contribution in [0.25, 0.3) is 22.8 Å². The molecule has 2 heterocycles. The molecule has 0 aliphatic carbocycles. The molecule has 0 saturated carbocycles. The Bertz CT molecular complexity index is 643. The molecule has 3 aromatic rings. The Labute approximate surface area is 104 Å². The van der Waals surface area contributed by atoms with Gasteiger partial charge in [-0.05, 0) is 12.1 Å². The molecule has 18 heavy (non-hydrogen) atoms. The van der Waals surface area contributed by atoms with Crippen molar-refractivity contribution >= 4 is 0 Å². The number of aryl methyl sites for hydroxylation is 1. The van der Waals surface area contributed by atoms with Gasteiger partial charge in [0.05, 0.1) is 0 Å². The predicted molar refractivity (Wildman–Crippen MR) is 66.7 cm³/mol. The molecule has 90 valence electrons. The lowest BCUT2D eigenvalue weighted by molar-refractivity contribution is 0.423. The van der Waals surface area contributed by atoms with Gasteiger partial charge in [-0.2, -0.15) is 4.98 Å². The van der Waals surface area contributed by atoms with Crippen molar-refractivity contribution in [3.05, 3.63) is 42.5 Å². The zero-order valence-electron chi connectivity index (χ0n) is 9.92. The Kier molecular flexibility index (Phi) is 2.64. The normalized spacial score (nSPS) is 10.7. The third kappa shape index (κ3) is 1.90. The highest BCUT2D eigenvalue weighted by atomic mass is 16.5. The molecular weight excluding hydrogens is 228 g/mol. The lowest BCUT2D eigenvalue weighted by atomic mass is 10.1. The van der Waals surface area contributed by atoms with Crippen molar-refractivity contribution in [3.8, 4) is 22.8 Å². The average Bonchev–Trinajstić information content (AvgIpc) is 3.10. The van der Waals surface area contributed by atoms with Gasteiger partial charge >= 0.3 is 0 Å². The molecule has 0 fully saturated rings. The summed E-state index contributed by atoms with van der Waals surface area (Å²) in [5.41, 5.74) is 1.89. The van der Waals surface area contributed by atoms with Crippen molar-refractivity contribution in [2.75, 3.05) is 0 Å². The van der Waals surface area contributed by atoms with Crippen molar-refractivity contribution in [2.45, 2.75) is 13.3 Å². The molecule has 0 amide bonds. The summed E-state index contributed by atoms with van der Waals surface area (Å²) >= 11 is 0. The second-order valence-corrected chi connectivity index (χ2v) is 3.89. The number of rotatable bonds is 3. The van der Waals surface area contributed by atoms with Crippen molar-refractivity contribution in [1.82, 2.24) is 20.1 Å². The molecule has 0 radical (unpaired) electrons. The minimum absolute atomic E-state index is 0.542. The fourth-order valence-corrected chi connectivity index (χ4v) is 1.74. The van der Waals surface area contributed by atoms with Gasteiger partial charge in [0.15, 0.2) is 5.82 Å². The summed E-state index contributed by atoms with van der Waals surface area (Å²) in [5.74, 6) is 2.08. The zero-order valence-corrected chi connectivity index (χ0v) is 9.92. The van der Waals surface area contributed by atoms with Gasteiger partial charge in [0.1, 0.15) is 5.82 Å². The predicted octanol–water partition coefficient (Wildman–Crippen LogP) is 2.69. The van der Waals surface area contributed by atoms with E-state index in [1.807, 2.05) is 31.2 Å². The standard InChI is InChI=1S/C13H12N4O/c1-2-11-16-13(18-17-11)10-5-3-4-9(8-10)12-14-6-7-15-12/h3-8H,2H2,1H3,(H,14,15). The summed E-state index contributed by atoms with van der Waals surface area (Å²) in [6, 6.07) is 7.85. The summed E-state index contributed by atoms with van der Waals surface area (Å²) in [6.45, 7) is 1.99. The number of imidazole rings is 1. The lowest BCUT2D eigenvalue weighted by Crippen LogP contribution is -1.84. The Morgan fingerprint density at radius 2 is 2.17 bits per heavy atom. The quantitative estimate of drug-likeness (QED) is 0.764. The molecule has 3 rings (SSSR count). The fraction of sp³-hybridized carbons (Fsp3) is 0.154. The van der Waals surface area contributed by atoms with Gasteiger partial charge in [0.2, 0.25) is 0 Å². The average molecular weight is 240 g/mol. The second kappa shape index (κ2) is 4.44. The monoisotopic (exact) mass is 240 g/mol. The number of nitrogens with one attached hydrogen (secondary N) is 1. The molecule has 0 unspecified atom stereocenters. The van der Waals surface area contributed by atoms with Crippen LogP contribution in [0.15, 0.2) is 41.2 Å². The van der Waals surface area contributed by atoms with Crippen LogP contribution in [0.3, 0.4) is 0 Å². The molecule has 0 atom stereocenters. The van der Waals surface area contributed by atoms with E-state index < -0.39 is 0 Å². The van der Waals surface area contributed by atoms with Crippen LogP contribution in [0.2, 0.25) is 0 Å². The van der Waals surface area contributed by atoms with Gasteiger partial charge in [-0.15, -0.1) is 0 Å².